The smallest absolute Gasteiger partial charge is 0.150 e. The molecule has 0 saturated heterocycles. The molecule has 0 aliphatic heterocycles. The van der Waals surface area contributed by atoms with Gasteiger partial charge < -0.3 is 5.73 Å². The van der Waals surface area contributed by atoms with Crippen LogP contribution in [0.4, 0.5) is 5.82 Å². The van der Waals surface area contributed by atoms with Gasteiger partial charge in [-0.05, 0) is 63.4 Å². The summed E-state index contributed by atoms with van der Waals surface area (Å²) in [5.41, 5.74) is 13.0. The van der Waals surface area contributed by atoms with E-state index in [1.165, 1.54) is 11.1 Å². The predicted molar refractivity (Wildman–Crippen MR) is 87.0 cm³/mol. The summed E-state index contributed by atoms with van der Waals surface area (Å²) in [6.45, 7) is 10.3. The topological polar surface area (TPSA) is 56.7 Å². The van der Waals surface area contributed by atoms with Crippen LogP contribution < -0.4 is 5.73 Å². The standard InChI is InChI=1S/C17H20N4/c1-9-6-7-14(8-10(9)2)21-12(4)11(3)15-16(18)19-13(5)20-17(15)21/h6-8H,1-5H3,(H2,18,19,20). The summed E-state index contributed by atoms with van der Waals surface area (Å²) in [4.78, 5) is 8.91. The Balaban J connectivity index is 2.42. The van der Waals surface area contributed by atoms with Crippen LogP contribution in [0.1, 0.15) is 28.2 Å². The van der Waals surface area contributed by atoms with Gasteiger partial charge in [0.1, 0.15) is 11.6 Å². The van der Waals surface area contributed by atoms with Crippen LogP contribution in [-0.4, -0.2) is 14.5 Å². The molecule has 0 spiro atoms. The predicted octanol–water partition coefficient (Wildman–Crippen LogP) is 3.54. The first-order chi connectivity index (χ1) is 9.90. The summed E-state index contributed by atoms with van der Waals surface area (Å²) in [7, 11) is 0. The van der Waals surface area contributed by atoms with E-state index in [4.69, 9.17) is 5.73 Å². The molecule has 21 heavy (non-hydrogen) atoms. The summed E-state index contributed by atoms with van der Waals surface area (Å²) in [5.74, 6) is 1.25. The minimum atomic E-state index is 0.556. The van der Waals surface area contributed by atoms with Gasteiger partial charge in [-0.1, -0.05) is 6.07 Å². The molecule has 0 fully saturated rings. The Hall–Kier alpha value is -2.36. The zero-order chi connectivity index (χ0) is 15.3. The number of anilines is 1. The number of fused-ring (bicyclic) bond motifs is 1. The highest BCUT2D eigenvalue weighted by atomic mass is 15.1. The van der Waals surface area contributed by atoms with Crippen molar-refractivity contribution < 1.29 is 0 Å². The molecule has 0 aliphatic rings. The van der Waals surface area contributed by atoms with Crippen LogP contribution in [0.3, 0.4) is 0 Å². The number of hydrogen-bond donors (Lipinski definition) is 1. The van der Waals surface area contributed by atoms with Crippen molar-refractivity contribution in [3.05, 3.63) is 46.4 Å². The molecule has 0 aliphatic carbocycles. The van der Waals surface area contributed by atoms with Crippen molar-refractivity contribution in [3.63, 3.8) is 0 Å². The first-order valence-corrected chi connectivity index (χ1v) is 7.09. The minimum absolute atomic E-state index is 0.556. The number of nitrogens with zero attached hydrogens (tertiary/aromatic N) is 3. The lowest BCUT2D eigenvalue weighted by Gasteiger charge is -2.10. The van der Waals surface area contributed by atoms with E-state index in [2.05, 4.69) is 60.4 Å². The van der Waals surface area contributed by atoms with E-state index < -0.39 is 0 Å². The molecule has 108 valence electrons. The SMILES string of the molecule is Cc1nc(N)c2c(C)c(C)n(-c3ccc(C)c(C)c3)c2n1. The highest BCUT2D eigenvalue weighted by molar-refractivity contribution is 5.92. The van der Waals surface area contributed by atoms with Crippen molar-refractivity contribution in [3.8, 4) is 5.69 Å². The lowest BCUT2D eigenvalue weighted by Crippen LogP contribution is -2.02. The Morgan fingerprint density at radius 3 is 2.33 bits per heavy atom. The molecule has 0 atom stereocenters. The molecule has 4 heteroatoms. The second-order valence-corrected chi connectivity index (χ2v) is 5.67. The van der Waals surface area contributed by atoms with Crippen LogP contribution in [0.15, 0.2) is 18.2 Å². The van der Waals surface area contributed by atoms with Gasteiger partial charge in [-0.15, -0.1) is 0 Å². The number of rotatable bonds is 1. The quantitative estimate of drug-likeness (QED) is 0.741. The maximum atomic E-state index is 6.11. The number of aromatic nitrogens is 3. The highest BCUT2D eigenvalue weighted by Crippen LogP contribution is 2.30. The van der Waals surface area contributed by atoms with Crippen LogP contribution >= 0.6 is 0 Å². The van der Waals surface area contributed by atoms with Crippen LogP contribution in [0.2, 0.25) is 0 Å². The molecule has 3 rings (SSSR count). The van der Waals surface area contributed by atoms with Gasteiger partial charge in [-0.3, -0.25) is 4.57 Å². The number of nitrogen functional groups attached to an aromatic ring is 1. The number of nitrogens with two attached hydrogens (primary N) is 1. The normalized spacial score (nSPS) is 11.3. The monoisotopic (exact) mass is 280 g/mol. The summed E-state index contributed by atoms with van der Waals surface area (Å²) >= 11 is 0. The van der Waals surface area contributed by atoms with Crippen molar-refractivity contribution in [2.24, 2.45) is 0 Å². The molecule has 0 bridgehead atoms. The number of hydrogen-bond acceptors (Lipinski definition) is 3. The zero-order valence-corrected chi connectivity index (χ0v) is 13.2. The van der Waals surface area contributed by atoms with Gasteiger partial charge in [0.25, 0.3) is 0 Å². The van der Waals surface area contributed by atoms with Crippen molar-refractivity contribution in [2.75, 3.05) is 5.73 Å². The van der Waals surface area contributed by atoms with Gasteiger partial charge in [0, 0.05) is 11.4 Å². The largest absolute Gasteiger partial charge is 0.383 e. The Morgan fingerprint density at radius 2 is 1.67 bits per heavy atom. The average Bonchev–Trinajstić information content (AvgIpc) is 2.65. The van der Waals surface area contributed by atoms with Gasteiger partial charge in [-0.25, -0.2) is 9.97 Å². The molecule has 2 heterocycles. The third kappa shape index (κ3) is 1.98. The molecule has 0 unspecified atom stereocenters. The van der Waals surface area contributed by atoms with Crippen molar-refractivity contribution in [1.82, 2.24) is 14.5 Å². The Bertz CT molecular complexity index is 859. The maximum Gasteiger partial charge on any atom is 0.150 e. The van der Waals surface area contributed by atoms with Crippen LogP contribution in [0.5, 0.6) is 0 Å². The van der Waals surface area contributed by atoms with Gasteiger partial charge in [0.2, 0.25) is 0 Å². The van der Waals surface area contributed by atoms with Crippen LogP contribution in [0, 0.1) is 34.6 Å². The van der Waals surface area contributed by atoms with Crippen molar-refractivity contribution in [2.45, 2.75) is 34.6 Å². The van der Waals surface area contributed by atoms with Crippen LogP contribution in [0.25, 0.3) is 16.7 Å². The fourth-order valence-corrected chi connectivity index (χ4v) is 2.79. The molecule has 0 radical (unpaired) electrons. The fraction of sp³-hybridized carbons (Fsp3) is 0.294. The third-order valence-corrected chi connectivity index (χ3v) is 4.24. The first-order valence-electron chi connectivity index (χ1n) is 7.09. The lowest BCUT2D eigenvalue weighted by molar-refractivity contribution is 0.992. The summed E-state index contributed by atoms with van der Waals surface area (Å²) < 4.78 is 2.17. The third-order valence-electron chi connectivity index (χ3n) is 4.24. The number of aryl methyl sites for hydroxylation is 4. The van der Waals surface area contributed by atoms with E-state index in [1.54, 1.807) is 0 Å². The molecule has 2 aromatic heterocycles. The molecule has 0 amide bonds. The minimum Gasteiger partial charge on any atom is -0.383 e. The van der Waals surface area contributed by atoms with Gasteiger partial charge in [-0.2, -0.15) is 0 Å². The zero-order valence-electron chi connectivity index (χ0n) is 13.2. The highest BCUT2D eigenvalue weighted by Gasteiger charge is 2.17. The average molecular weight is 280 g/mol. The second kappa shape index (κ2) is 4.58. The van der Waals surface area contributed by atoms with E-state index in [0.717, 1.165) is 28.0 Å². The van der Waals surface area contributed by atoms with Gasteiger partial charge in [0.15, 0.2) is 5.65 Å². The fourth-order valence-electron chi connectivity index (χ4n) is 2.79. The molecule has 4 nitrogen and oxygen atoms in total. The molecule has 3 aromatic rings. The Morgan fingerprint density at radius 1 is 0.952 bits per heavy atom. The number of benzene rings is 1. The van der Waals surface area contributed by atoms with Gasteiger partial charge >= 0.3 is 0 Å². The van der Waals surface area contributed by atoms with Crippen LogP contribution in [-0.2, 0) is 0 Å². The summed E-state index contributed by atoms with van der Waals surface area (Å²) in [5, 5.41) is 0.955. The molecule has 0 saturated carbocycles. The van der Waals surface area contributed by atoms with E-state index in [-0.39, 0.29) is 0 Å². The van der Waals surface area contributed by atoms with Crippen molar-refractivity contribution >= 4 is 16.9 Å². The molecular formula is C17H20N4. The van der Waals surface area contributed by atoms with Gasteiger partial charge in [0.05, 0.1) is 5.39 Å². The molecular weight excluding hydrogens is 260 g/mol. The lowest BCUT2D eigenvalue weighted by atomic mass is 10.1. The van der Waals surface area contributed by atoms with Crippen molar-refractivity contribution in [1.29, 1.82) is 0 Å². The maximum absolute atomic E-state index is 6.11. The summed E-state index contributed by atoms with van der Waals surface area (Å²) in [6, 6.07) is 6.46. The Labute approximate surface area is 124 Å². The van der Waals surface area contributed by atoms with E-state index in [9.17, 15) is 0 Å². The second-order valence-electron chi connectivity index (χ2n) is 5.67. The molecule has 1 aromatic carbocycles. The van der Waals surface area contributed by atoms with E-state index >= 15 is 0 Å². The molecule has 2 N–H and O–H groups in total. The Kier molecular flexibility index (Phi) is 2.97. The first kappa shape index (κ1) is 13.6. The summed E-state index contributed by atoms with van der Waals surface area (Å²) in [6.07, 6.45) is 0. The van der Waals surface area contributed by atoms with E-state index in [0.29, 0.717) is 11.6 Å². The van der Waals surface area contributed by atoms with E-state index in [1.807, 2.05) is 6.92 Å².